The molecular weight excluding hydrogens is 178 g/mol. The van der Waals surface area contributed by atoms with Crippen molar-refractivity contribution >= 4 is 11.8 Å². The Bertz CT molecular complexity index is 148. The third-order valence-corrected chi connectivity index (χ3v) is 4.66. The molecular formula is C11H21NS. The van der Waals surface area contributed by atoms with E-state index in [1.54, 1.807) is 0 Å². The van der Waals surface area contributed by atoms with Gasteiger partial charge in [-0.1, -0.05) is 13.3 Å². The van der Waals surface area contributed by atoms with Crippen molar-refractivity contribution < 1.29 is 0 Å². The average molecular weight is 199 g/mol. The molecule has 1 unspecified atom stereocenters. The molecule has 0 spiro atoms. The van der Waals surface area contributed by atoms with Gasteiger partial charge in [-0.05, 0) is 37.4 Å². The highest BCUT2D eigenvalue weighted by atomic mass is 32.2. The maximum absolute atomic E-state index is 3.80. The summed E-state index contributed by atoms with van der Waals surface area (Å²) >= 11 is 2.12. The summed E-state index contributed by atoms with van der Waals surface area (Å²) in [6, 6.07) is 1.70. The molecule has 2 heteroatoms. The molecule has 1 aliphatic heterocycles. The second-order valence-corrected chi connectivity index (χ2v) is 5.67. The highest BCUT2D eigenvalue weighted by Gasteiger charge is 2.29. The minimum atomic E-state index is 0.835. The quantitative estimate of drug-likeness (QED) is 0.750. The summed E-state index contributed by atoms with van der Waals surface area (Å²) in [5, 5.41) is 3.80. The molecule has 0 aromatic heterocycles. The molecule has 0 aromatic carbocycles. The smallest absolute Gasteiger partial charge is 0.0161 e. The minimum Gasteiger partial charge on any atom is -0.310 e. The van der Waals surface area contributed by atoms with Crippen molar-refractivity contribution in [3.63, 3.8) is 0 Å². The fourth-order valence-electron chi connectivity index (χ4n) is 2.41. The van der Waals surface area contributed by atoms with Crippen LogP contribution in [0.5, 0.6) is 0 Å². The maximum atomic E-state index is 3.80. The fourth-order valence-corrected chi connectivity index (χ4v) is 3.50. The molecule has 1 heterocycles. The number of nitrogens with one attached hydrogen (secondary N) is 1. The van der Waals surface area contributed by atoms with Gasteiger partial charge in [-0.3, -0.25) is 0 Å². The Hall–Kier alpha value is 0.310. The third-order valence-electron chi connectivity index (χ3n) is 3.44. The molecule has 1 saturated heterocycles. The standard InChI is InChI=1S/C11H21NS/c1-2-9-6-11(7-9)12-10-4-3-5-13-8-10/h9-12H,2-8H2,1H3. The average Bonchev–Trinajstić information content (AvgIpc) is 2.12. The first-order valence-electron chi connectivity index (χ1n) is 5.72. The number of thioether (sulfide) groups is 1. The molecule has 0 bridgehead atoms. The maximum Gasteiger partial charge on any atom is 0.0161 e. The Morgan fingerprint density at radius 3 is 2.77 bits per heavy atom. The molecule has 1 aliphatic carbocycles. The van der Waals surface area contributed by atoms with Gasteiger partial charge in [-0.15, -0.1) is 0 Å². The molecule has 1 N–H and O–H groups in total. The van der Waals surface area contributed by atoms with Crippen LogP contribution in [0.25, 0.3) is 0 Å². The first kappa shape index (κ1) is 9.85. The van der Waals surface area contributed by atoms with E-state index in [-0.39, 0.29) is 0 Å². The molecule has 2 fully saturated rings. The number of hydrogen-bond donors (Lipinski definition) is 1. The first-order valence-corrected chi connectivity index (χ1v) is 6.87. The predicted molar refractivity (Wildman–Crippen MR) is 60.3 cm³/mol. The van der Waals surface area contributed by atoms with Crippen LogP contribution < -0.4 is 5.32 Å². The van der Waals surface area contributed by atoms with Crippen LogP contribution in [0.15, 0.2) is 0 Å². The van der Waals surface area contributed by atoms with Crippen molar-refractivity contribution in [2.45, 2.75) is 51.1 Å². The van der Waals surface area contributed by atoms with Crippen LogP contribution in [-0.2, 0) is 0 Å². The molecule has 1 nitrogen and oxygen atoms in total. The molecule has 1 atom stereocenters. The van der Waals surface area contributed by atoms with Crippen LogP contribution in [0.2, 0.25) is 0 Å². The van der Waals surface area contributed by atoms with Gasteiger partial charge in [0.05, 0.1) is 0 Å². The van der Waals surface area contributed by atoms with E-state index in [2.05, 4.69) is 24.0 Å². The predicted octanol–water partition coefficient (Wildman–Crippen LogP) is 2.66. The minimum absolute atomic E-state index is 0.835. The lowest BCUT2D eigenvalue weighted by Crippen LogP contribution is -2.47. The van der Waals surface area contributed by atoms with E-state index >= 15 is 0 Å². The highest BCUT2D eigenvalue weighted by Crippen LogP contribution is 2.31. The van der Waals surface area contributed by atoms with Gasteiger partial charge in [0.1, 0.15) is 0 Å². The van der Waals surface area contributed by atoms with E-state index < -0.39 is 0 Å². The van der Waals surface area contributed by atoms with Crippen molar-refractivity contribution in [2.24, 2.45) is 5.92 Å². The number of hydrogen-bond acceptors (Lipinski definition) is 2. The lowest BCUT2D eigenvalue weighted by atomic mass is 9.78. The monoisotopic (exact) mass is 199 g/mol. The van der Waals surface area contributed by atoms with E-state index in [9.17, 15) is 0 Å². The SMILES string of the molecule is CCC1CC(NC2CCCSC2)C1. The Balaban J connectivity index is 1.62. The molecule has 0 radical (unpaired) electrons. The Morgan fingerprint density at radius 1 is 1.31 bits per heavy atom. The van der Waals surface area contributed by atoms with Crippen molar-refractivity contribution in [1.29, 1.82) is 0 Å². The van der Waals surface area contributed by atoms with Crippen molar-refractivity contribution in [3.05, 3.63) is 0 Å². The van der Waals surface area contributed by atoms with Gasteiger partial charge in [0.2, 0.25) is 0 Å². The van der Waals surface area contributed by atoms with E-state index in [1.165, 1.54) is 43.6 Å². The zero-order valence-electron chi connectivity index (χ0n) is 8.59. The molecule has 2 rings (SSSR count). The Kier molecular flexibility index (Phi) is 3.56. The summed E-state index contributed by atoms with van der Waals surface area (Å²) in [5.41, 5.74) is 0. The molecule has 0 amide bonds. The molecule has 13 heavy (non-hydrogen) atoms. The first-order chi connectivity index (χ1) is 6.38. The summed E-state index contributed by atoms with van der Waals surface area (Å²) in [6.45, 7) is 2.32. The fraction of sp³-hybridized carbons (Fsp3) is 1.00. The highest BCUT2D eigenvalue weighted by molar-refractivity contribution is 7.99. The van der Waals surface area contributed by atoms with E-state index in [1.807, 2.05) is 0 Å². The Morgan fingerprint density at radius 2 is 2.15 bits per heavy atom. The van der Waals surface area contributed by atoms with Gasteiger partial charge >= 0.3 is 0 Å². The van der Waals surface area contributed by atoms with Gasteiger partial charge in [0, 0.05) is 17.8 Å². The third kappa shape index (κ3) is 2.63. The largest absolute Gasteiger partial charge is 0.310 e. The van der Waals surface area contributed by atoms with Gasteiger partial charge in [-0.25, -0.2) is 0 Å². The van der Waals surface area contributed by atoms with Crippen molar-refractivity contribution in [2.75, 3.05) is 11.5 Å². The van der Waals surface area contributed by atoms with Gasteiger partial charge < -0.3 is 5.32 Å². The van der Waals surface area contributed by atoms with Gasteiger partial charge in [0.15, 0.2) is 0 Å². The topological polar surface area (TPSA) is 12.0 Å². The van der Waals surface area contributed by atoms with Gasteiger partial charge in [-0.2, -0.15) is 11.8 Å². The summed E-state index contributed by atoms with van der Waals surface area (Å²) in [7, 11) is 0. The van der Waals surface area contributed by atoms with Crippen LogP contribution in [0.4, 0.5) is 0 Å². The molecule has 76 valence electrons. The lowest BCUT2D eigenvalue weighted by Gasteiger charge is -2.39. The van der Waals surface area contributed by atoms with Crippen LogP contribution in [0, 0.1) is 5.92 Å². The van der Waals surface area contributed by atoms with Crippen molar-refractivity contribution in [3.8, 4) is 0 Å². The lowest BCUT2D eigenvalue weighted by molar-refractivity contribution is 0.201. The zero-order valence-corrected chi connectivity index (χ0v) is 9.41. The van der Waals surface area contributed by atoms with Crippen LogP contribution in [-0.4, -0.2) is 23.6 Å². The molecule has 1 saturated carbocycles. The second kappa shape index (κ2) is 4.70. The van der Waals surface area contributed by atoms with E-state index in [0.29, 0.717) is 0 Å². The Labute approximate surface area is 86.0 Å². The molecule has 2 aliphatic rings. The normalized spacial score (nSPS) is 39.9. The van der Waals surface area contributed by atoms with E-state index in [0.717, 1.165) is 18.0 Å². The summed E-state index contributed by atoms with van der Waals surface area (Å²) in [5.74, 6) is 3.78. The molecule has 0 aromatic rings. The summed E-state index contributed by atoms with van der Waals surface area (Å²) in [6.07, 6.45) is 7.11. The van der Waals surface area contributed by atoms with E-state index in [4.69, 9.17) is 0 Å². The van der Waals surface area contributed by atoms with Crippen LogP contribution in [0.1, 0.15) is 39.0 Å². The second-order valence-electron chi connectivity index (χ2n) is 4.52. The van der Waals surface area contributed by atoms with Gasteiger partial charge in [0.25, 0.3) is 0 Å². The van der Waals surface area contributed by atoms with Crippen molar-refractivity contribution in [1.82, 2.24) is 5.32 Å². The zero-order chi connectivity index (χ0) is 9.10. The summed E-state index contributed by atoms with van der Waals surface area (Å²) in [4.78, 5) is 0. The van der Waals surface area contributed by atoms with Crippen LogP contribution in [0.3, 0.4) is 0 Å². The van der Waals surface area contributed by atoms with Crippen LogP contribution >= 0.6 is 11.8 Å². The number of rotatable bonds is 3. The summed E-state index contributed by atoms with van der Waals surface area (Å²) < 4.78 is 0.